The smallest absolute Gasteiger partial charge is 0.144 e. The van der Waals surface area contributed by atoms with Crippen molar-refractivity contribution in [2.75, 3.05) is 0 Å². The van der Waals surface area contributed by atoms with Crippen molar-refractivity contribution < 1.29 is 0 Å². The molecular weight excluding hydrogens is 332 g/mol. The van der Waals surface area contributed by atoms with E-state index in [0.717, 1.165) is 36.0 Å². The standard InChI is InChI=1S/C16H17BrN2S/c1-2-5-13-14(17)16(20)19-15(18-13)12-8-10-6-3-4-7-11(10)9-12/h3-4,6-7,12H,2,5,8-9H2,1H3,(H,18,19,20). The van der Waals surface area contributed by atoms with E-state index in [-0.39, 0.29) is 0 Å². The first-order chi connectivity index (χ1) is 9.69. The Hall–Kier alpha value is -1.00. The van der Waals surface area contributed by atoms with Crippen molar-refractivity contribution in [3.8, 4) is 0 Å². The van der Waals surface area contributed by atoms with Crippen molar-refractivity contribution in [2.24, 2.45) is 0 Å². The second-order valence-corrected chi connectivity index (χ2v) is 6.52. The van der Waals surface area contributed by atoms with Crippen LogP contribution in [0, 0.1) is 4.64 Å². The summed E-state index contributed by atoms with van der Waals surface area (Å²) in [5.41, 5.74) is 4.07. The van der Waals surface area contributed by atoms with Crippen molar-refractivity contribution in [3.05, 3.63) is 56.0 Å². The number of nitrogens with one attached hydrogen (secondary N) is 1. The number of fused-ring (bicyclic) bond motifs is 1. The number of aromatic amines is 1. The zero-order valence-electron chi connectivity index (χ0n) is 11.4. The molecule has 2 aromatic rings. The van der Waals surface area contributed by atoms with Crippen molar-refractivity contribution in [1.82, 2.24) is 9.97 Å². The van der Waals surface area contributed by atoms with Crippen LogP contribution < -0.4 is 0 Å². The Morgan fingerprint density at radius 3 is 2.55 bits per heavy atom. The molecule has 0 bridgehead atoms. The molecule has 20 heavy (non-hydrogen) atoms. The number of aryl methyl sites for hydroxylation is 1. The van der Waals surface area contributed by atoms with Gasteiger partial charge in [0.25, 0.3) is 0 Å². The monoisotopic (exact) mass is 348 g/mol. The third-order valence-electron chi connectivity index (χ3n) is 3.89. The maximum Gasteiger partial charge on any atom is 0.144 e. The first-order valence-electron chi connectivity index (χ1n) is 7.04. The molecule has 1 N–H and O–H groups in total. The summed E-state index contributed by atoms with van der Waals surface area (Å²) in [6.45, 7) is 2.18. The average molecular weight is 349 g/mol. The first kappa shape index (κ1) is 14.0. The summed E-state index contributed by atoms with van der Waals surface area (Å²) >= 11 is 8.94. The number of rotatable bonds is 3. The highest BCUT2D eigenvalue weighted by atomic mass is 79.9. The first-order valence-corrected chi connectivity index (χ1v) is 8.24. The molecule has 0 atom stereocenters. The summed E-state index contributed by atoms with van der Waals surface area (Å²) in [4.78, 5) is 8.10. The topological polar surface area (TPSA) is 28.7 Å². The Kier molecular flexibility index (Phi) is 4.03. The lowest BCUT2D eigenvalue weighted by Crippen LogP contribution is -2.08. The summed E-state index contributed by atoms with van der Waals surface area (Å²) < 4.78 is 1.63. The number of halogens is 1. The summed E-state index contributed by atoms with van der Waals surface area (Å²) in [5, 5.41) is 0. The molecular formula is C16H17BrN2S. The summed E-state index contributed by atoms with van der Waals surface area (Å²) in [5.74, 6) is 1.47. The molecule has 0 amide bonds. The van der Waals surface area contributed by atoms with Gasteiger partial charge in [0.2, 0.25) is 0 Å². The molecule has 104 valence electrons. The van der Waals surface area contributed by atoms with Crippen LogP contribution in [0.5, 0.6) is 0 Å². The second-order valence-electron chi connectivity index (χ2n) is 5.34. The molecule has 1 aliphatic carbocycles. The molecule has 0 radical (unpaired) electrons. The molecule has 0 saturated heterocycles. The summed E-state index contributed by atoms with van der Waals surface area (Å²) in [6, 6.07) is 8.66. The quantitative estimate of drug-likeness (QED) is 0.811. The number of H-pyrrole nitrogens is 1. The lowest BCUT2D eigenvalue weighted by atomic mass is 10.1. The highest BCUT2D eigenvalue weighted by Gasteiger charge is 2.24. The lowest BCUT2D eigenvalue weighted by Gasteiger charge is -2.12. The average Bonchev–Trinajstić information content (AvgIpc) is 2.87. The van der Waals surface area contributed by atoms with E-state index in [0.29, 0.717) is 10.6 Å². The molecule has 4 heteroatoms. The molecule has 3 rings (SSSR count). The lowest BCUT2D eigenvalue weighted by molar-refractivity contribution is 0.667. The Balaban J connectivity index is 1.95. The highest BCUT2D eigenvalue weighted by Crippen LogP contribution is 2.33. The molecule has 0 spiro atoms. The number of hydrogen-bond acceptors (Lipinski definition) is 2. The molecule has 0 fully saturated rings. The predicted octanol–water partition coefficient (Wildman–Crippen LogP) is 4.74. The minimum Gasteiger partial charge on any atom is -0.346 e. The summed E-state index contributed by atoms with van der Waals surface area (Å²) in [6.07, 6.45) is 4.21. The zero-order chi connectivity index (χ0) is 14.1. The van der Waals surface area contributed by atoms with Gasteiger partial charge in [-0.2, -0.15) is 0 Å². The van der Waals surface area contributed by atoms with Crippen molar-refractivity contribution in [1.29, 1.82) is 0 Å². The van der Waals surface area contributed by atoms with Gasteiger partial charge in [-0.25, -0.2) is 4.98 Å². The molecule has 1 aliphatic rings. The Morgan fingerprint density at radius 1 is 1.30 bits per heavy atom. The van der Waals surface area contributed by atoms with E-state index in [1.54, 1.807) is 0 Å². The van der Waals surface area contributed by atoms with E-state index < -0.39 is 0 Å². The Morgan fingerprint density at radius 2 is 1.95 bits per heavy atom. The van der Waals surface area contributed by atoms with Gasteiger partial charge in [-0.15, -0.1) is 0 Å². The van der Waals surface area contributed by atoms with E-state index in [1.165, 1.54) is 16.8 Å². The van der Waals surface area contributed by atoms with Gasteiger partial charge in [-0.3, -0.25) is 0 Å². The van der Waals surface area contributed by atoms with Gasteiger partial charge in [-0.1, -0.05) is 49.8 Å². The van der Waals surface area contributed by atoms with Crippen molar-refractivity contribution >= 4 is 28.1 Å². The maximum atomic E-state index is 5.39. The van der Waals surface area contributed by atoms with Crippen LogP contribution in [0.15, 0.2) is 28.7 Å². The van der Waals surface area contributed by atoms with E-state index >= 15 is 0 Å². The fourth-order valence-electron chi connectivity index (χ4n) is 2.89. The van der Waals surface area contributed by atoms with Crippen LogP contribution in [0.2, 0.25) is 0 Å². The van der Waals surface area contributed by atoms with Gasteiger partial charge in [0.05, 0.1) is 4.47 Å². The molecule has 1 aromatic heterocycles. The van der Waals surface area contributed by atoms with Crippen molar-refractivity contribution in [3.63, 3.8) is 0 Å². The van der Waals surface area contributed by atoms with Crippen LogP contribution in [0.1, 0.15) is 41.9 Å². The van der Waals surface area contributed by atoms with Gasteiger partial charge in [0.1, 0.15) is 10.5 Å². The van der Waals surface area contributed by atoms with Crippen LogP contribution in [-0.4, -0.2) is 9.97 Å². The van der Waals surface area contributed by atoms with Crippen LogP contribution in [0.4, 0.5) is 0 Å². The molecule has 0 saturated carbocycles. The number of aromatic nitrogens is 2. The van der Waals surface area contributed by atoms with Crippen LogP contribution in [-0.2, 0) is 19.3 Å². The van der Waals surface area contributed by atoms with Gasteiger partial charge < -0.3 is 4.98 Å². The second kappa shape index (κ2) is 5.78. The van der Waals surface area contributed by atoms with Crippen molar-refractivity contribution in [2.45, 2.75) is 38.5 Å². The number of hydrogen-bond donors (Lipinski definition) is 1. The third kappa shape index (κ3) is 2.59. The largest absolute Gasteiger partial charge is 0.346 e. The Labute approximate surface area is 132 Å². The summed E-state index contributed by atoms with van der Waals surface area (Å²) in [7, 11) is 0. The molecule has 2 nitrogen and oxygen atoms in total. The molecule has 0 unspecified atom stereocenters. The maximum absolute atomic E-state index is 5.39. The normalized spacial score (nSPS) is 14.5. The van der Waals surface area contributed by atoms with Crippen LogP contribution in [0.3, 0.4) is 0 Å². The third-order valence-corrected chi connectivity index (χ3v) is 5.30. The number of benzene rings is 1. The fourth-order valence-corrected chi connectivity index (χ4v) is 3.50. The van der Waals surface area contributed by atoms with E-state index in [4.69, 9.17) is 12.2 Å². The molecule has 0 aliphatic heterocycles. The van der Waals surface area contributed by atoms with E-state index in [2.05, 4.69) is 57.1 Å². The van der Waals surface area contributed by atoms with Gasteiger partial charge in [-0.05, 0) is 46.3 Å². The minimum absolute atomic E-state index is 0.429. The van der Waals surface area contributed by atoms with Gasteiger partial charge >= 0.3 is 0 Å². The van der Waals surface area contributed by atoms with Gasteiger partial charge in [0, 0.05) is 11.6 Å². The van der Waals surface area contributed by atoms with Crippen LogP contribution in [0.25, 0.3) is 0 Å². The fraction of sp³-hybridized carbons (Fsp3) is 0.375. The molecule has 1 heterocycles. The van der Waals surface area contributed by atoms with E-state index in [9.17, 15) is 0 Å². The van der Waals surface area contributed by atoms with Crippen LogP contribution >= 0.6 is 28.1 Å². The predicted molar refractivity (Wildman–Crippen MR) is 87.7 cm³/mol. The van der Waals surface area contributed by atoms with E-state index in [1.807, 2.05) is 0 Å². The van der Waals surface area contributed by atoms with Gasteiger partial charge in [0.15, 0.2) is 0 Å². The molecule has 1 aromatic carbocycles. The highest BCUT2D eigenvalue weighted by molar-refractivity contribution is 9.10. The number of nitrogens with zero attached hydrogens (tertiary/aromatic N) is 1. The minimum atomic E-state index is 0.429. The zero-order valence-corrected chi connectivity index (χ0v) is 13.9. The SMILES string of the molecule is CCCc1[nH]c(C2Cc3ccccc3C2)nc(=S)c1Br. The Bertz CT molecular complexity index is 668.